The molecule has 1 aliphatic carbocycles. The second-order valence-electron chi connectivity index (χ2n) is 5.68. The van der Waals surface area contributed by atoms with Gasteiger partial charge in [0.2, 0.25) is 10.0 Å². The molecule has 1 aromatic carbocycles. The predicted molar refractivity (Wildman–Crippen MR) is 82.2 cm³/mol. The second kappa shape index (κ2) is 6.61. The van der Waals surface area contributed by atoms with Crippen molar-refractivity contribution >= 4 is 10.0 Å². The zero-order valence-corrected chi connectivity index (χ0v) is 13.0. The topological polar surface area (TPSA) is 66.4 Å². The van der Waals surface area contributed by atoms with Crippen LogP contribution in [0.3, 0.4) is 0 Å². The van der Waals surface area contributed by atoms with Gasteiger partial charge in [0.1, 0.15) is 0 Å². The van der Waals surface area contributed by atoms with Gasteiger partial charge >= 0.3 is 0 Å². The second-order valence-corrected chi connectivity index (χ2v) is 7.36. The van der Waals surface area contributed by atoms with Gasteiger partial charge in [0.25, 0.3) is 0 Å². The SMILES string of the molecule is CC1(NS(=O)(=O)c2cccc(C#CCCO)c2)CCCC1. The van der Waals surface area contributed by atoms with E-state index < -0.39 is 10.0 Å². The van der Waals surface area contributed by atoms with E-state index in [1.807, 2.05) is 6.92 Å². The van der Waals surface area contributed by atoms with Crippen LogP contribution in [-0.2, 0) is 10.0 Å². The number of aliphatic hydroxyl groups excluding tert-OH is 1. The normalized spacial score (nSPS) is 17.2. The maximum atomic E-state index is 12.5. The molecule has 1 aromatic rings. The largest absolute Gasteiger partial charge is 0.395 e. The monoisotopic (exact) mass is 307 g/mol. The van der Waals surface area contributed by atoms with E-state index in [1.54, 1.807) is 24.3 Å². The summed E-state index contributed by atoms with van der Waals surface area (Å²) >= 11 is 0. The summed E-state index contributed by atoms with van der Waals surface area (Å²) in [6.07, 6.45) is 4.26. The van der Waals surface area contributed by atoms with E-state index in [0.717, 1.165) is 25.7 Å². The van der Waals surface area contributed by atoms with Crippen LogP contribution in [0.2, 0.25) is 0 Å². The number of hydrogen-bond acceptors (Lipinski definition) is 3. The van der Waals surface area contributed by atoms with Crippen molar-refractivity contribution in [3.63, 3.8) is 0 Å². The van der Waals surface area contributed by atoms with Crippen molar-refractivity contribution in [2.75, 3.05) is 6.61 Å². The van der Waals surface area contributed by atoms with Gasteiger partial charge in [0.15, 0.2) is 0 Å². The number of nitrogens with one attached hydrogen (secondary N) is 1. The Hall–Kier alpha value is -1.35. The Morgan fingerprint density at radius 2 is 2.05 bits per heavy atom. The highest BCUT2D eigenvalue weighted by atomic mass is 32.2. The maximum Gasteiger partial charge on any atom is 0.241 e. The minimum absolute atomic E-state index is 0.00486. The van der Waals surface area contributed by atoms with Gasteiger partial charge in [-0.25, -0.2) is 13.1 Å². The van der Waals surface area contributed by atoms with Crippen molar-refractivity contribution in [3.8, 4) is 11.8 Å². The number of rotatable bonds is 4. The molecule has 0 heterocycles. The van der Waals surface area contributed by atoms with E-state index in [2.05, 4.69) is 16.6 Å². The van der Waals surface area contributed by atoms with Crippen LogP contribution in [0.5, 0.6) is 0 Å². The average molecular weight is 307 g/mol. The molecular formula is C16H21NO3S. The molecule has 2 N–H and O–H groups in total. The van der Waals surface area contributed by atoms with Gasteiger partial charge in [-0.05, 0) is 38.0 Å². The lowest BCUT2D eigenvalue weighted by Gasteiger charge is -2.24. The Morgan fingerprint density at radius 3 is 2.71 bits per heavy atom. The molecule has 4 nitrogen and oxygen atoms in total. The molecule has 0 atom stereocenters. The number of sulfonamides is 1. The smallest absolute Gasteiger partial charge is 0.241 e. The minimum Gasteiger partial charge on any atom is -0.395 e. The highest BCUT2D eigenvalue weighted by Crippen LogP contribution is 2.30. The van der Waals surface area contributed by atoms with Gasteiger partial charge in [-0.15, -0.1) is 0 Å². The molecule has 0 radical (unpaired) electrons. The summed E-state index contributed by atoms with van der Waals surface area (Å²) in [5.41, 5.74) is 0.306. The highest BCUT2D eigenvalue weighted by Gasteiger charge is 2.33. The Balaban J connectivity index is 2.20. The van der Waals surface area contributed by atoms with Crippen LogP contribution in [0.25, 0.3) is 0 Å². The first kappa shape index (κ1) is 16.0. The van der Waals surface area contributed by atoms with E-state index in [9.17, 15) is 8.42 Å². The fraction of sp³-hybridized carbons (Fsp3) is 0.500. The zero-order chi connectivity index (χ0) is 15.3. The third-order valence-corrected chi connectivity index (χ3v) is 5.34. The number of aliphatic hydroxyl groups is 1. The first-order chi connectivity index (χ1) is 9.95. The van der Waals surface area contributed by atoms with Crippen LogP contribution in [0.4, 0.5) is 0 Å². The summed E-state index contributed by atoms with van der Waals surface area (Å²) in [4.78, 5) is 0.242. The molecule has 2 rings (SSSR count). The van der Waals surface area contributed by atoms with Gasteiger partial charge in [-0.3, -0.25) is 0 Å². The summed E-state index contributed by atoms with van der Waals surface area (Å²) in [7, 11) is -3.52. The average Bonchev–Trinajstić information content (AvgIpc) is 2.85. The van der Waals surface area contributed by atoms with E-state index in [1.165, 1.54) is 0 Å². The van der Waals surface area contributed by atoms with Crippen molar-refractivity contribution in [2.45, 2.75) is 49.5 Å². The number of benzene rings is 1. The van der Waals surface area contributed by atoms with Gasteiger partial charge in [-0.2, -0.15) is 0 Å². The van der Waals surface area contributed by atoms with E-state index in [0.29, 0.717) is 12.0 Å². The standard InChI is InChI=1S/C16H21NO3S/c1-16(10-3-4-11-16)17-21(19,20)15-9-6-8-14(13-15)7-2-5-12-18/h6,8-9,13,17-18H,3-5,10-12H2,1H3. The van der Waals surface area contributed by atoms with Crippen LogP contribution in [0.15, 0.2) is 29.2 Å². The molecule has 0 saturated heterocycles. The molecule has 0 spiro atoms. The lowest BCUT2D eigenvalue weighted by atomic mass is 10.0. The third kappa shape index (κ3) is 4.31. The van der Waals surface area contributed by atoms with E-state index >= 15 is 0 Å². The van der Waals surface area contributed by atoms with E-state index in [-0.39, 0.29) is 17.0 Å². The lowest BCUT2D eigenvalue weighted by molar-refractivity contribution is 0.305. The molecule has 114 valence electrons. The molecule has 0 aliphatic heterocycles. The van der Waals surface area contributed by atoms with Crippen LogP contribution in [0.1, 0.15) is 44.6 Å². The summed E-state index contributed by atoms with van der Waals surface area (Å²) in [6.45, 7) is 1.97. The van der Waals surface area contributed by atoms with Crippen LogP contribution in [-0.4, -0.2) is 25.7 Å². The van der Waals surface area contributed by atoms with Gasteiger partial charge < -0.3 is 5.11 Å². The maximum absolute atomic E-state index is 12.5. The van der Waals surface area contributed by atoms with Crippen LogP contribution in [0, 0.1) is 11.8 Å². The van der Waals surface area contributed by atoms with Crippen molar-refractivity contribution < 1.29 is 13.5 Å². The summed E-state index contributed by atoms with van der Waals surface area (Å²) in [6, 6.07) is 6.61. The van der Waals surface area contributed by atoms with Gasteiger partial charge in [0, 0.05) is 17.5 Å². The van der Waals surface area contributed by atoms with Crippen molar-refractivity contribution in [3.05, 3.63) is 29.8 Å². The van der Waals surface area contributed by atoms with Crippen LogP contribution >= 0.6 is 0 Å². The third-order valence-electron chi connectivity index (χ3n) is 3.70. The van der Waals surface area contributed by atoms with Gasteiger partial charge in [0.05, 0.1) is 11.5 Å². The van der Waals surface area contributed by atoms with Crippen molar-refractivity contribution in [1.82, 2.24) is 4.72 Å². The molecule has 0 aromatic heterocycles. The lowest BCUT2D eigenvalue weighted by Crippen LogP contribution is -2.43. The number of hydrogen-bond donors (Lipinski definition) is 2. The quantitative estimate of drug-likeness (QED) is 0.837. The fourth-order valence-electron chi connectivity index (χ4n) is 2.60. The minimum atomic E-state index is -3.52. The molecule has 0 amide bonds. The molecule has 1 aliphatic rings. The summed E-state index contributed by atoms with van der Waals surface area (Å²) < 4.78 is 27.8. The Labute approximate surface area is 126 Å². The predicted octanol–water partition coefficient (Wildman–Crippen LogP) is 2.03. The van der Waals surface area contributed by atoms with E-state index in [4.69, 9.17) is 5.11 Å². The molecule has 1 saturated carbocycles. The summed E-state index contributed by atoms with van der Waals surface area (Å²) in [5, 5.41) is 8.71. The fourth-order valence-corrected chi connectivity index (χ4v) is 4.11. The van der Waals surface area contributed by atoms with Crippen LogP contribution < -0.4 is 4.72 Å². The zero-order valence-electron chi connectivity index (χ0n) is 12.2. The first-order valence-electron chi connectivity index (χ1n) is 7.19. The highest BCUT2D eigenvalue weighted by molar-refractivity contribution is 7.89. The molecule has 0 unspecified atom stereocenters. The Morgan fingerprint density at radius 1 is 1.33 bits per heavy atom. The van der Waals surface area contributed by atoms with Crippen molar-refractivity contribution in [2.24, 2.45) is 0 Å². The molecule has 0 bridgehead atoms. The van der Waals surface area contributed by atoms with Gasteiger partial charge in [-0.1, -0.05) is 30.7 Å². The molecule has 5 heteroatoms. The molecule has 1 fully saturated rings. The first-order valence-corrected chi connectivity index (χ1v) is 8.67. The van der Waals surface area contributed by atoms with Crippen molar-refractivity contribution in [1.29, 1.82) is 0 Å². The Kier molecular flexibility index (Phi) is 5.04. The summed E-state index contributed by atoms with van der Waals surface area (Å²) in [5.74, 6) is 5.65. The Bertz CT molecular complexity index is 650. The molecule has 21 heavy (non-hydrogen) atoms. The molecular weight excluding hydrogens is 286 g/mol.